The first kappa shape index (κ1) is 8.49. The summed E-state index contributed by atoms with van der Waals surface area (Å²) in [6.07, 6.45) is 3.95. The molecule has 0 bridgehead atoms. The Morgan fingerprint density at radius 1 is 1.29 bits per heavy atom. The van der Waals surface area contributed by atoms with Gasteiger partial charge in [0.15, 0.2) is 0 Å². The number of fused-ring (bicyclic) bond motifs is 2. The van der Waals surface area contributed by atoms with Crippen LogP contribution in [0.4, 0.5) is 0 Å². The van der Waals surface area contributed by atoms with Gasteiger partial charge in [-0.1, -0.05) is 24.3 Å². The van der Waals surface area contributed by atoms with Crippen molar-refractivity contribution in [2.45, 2.75) is 37.6 Å². The van der Waals surface area contributed by atoms with Crippen LogP contribution in [0.3, 0.4) is 0 Å². The average Bonchev–Trinajstić information content (AvgIpc) is 2.76. The zero-order valence-corrected chi connectivity index (χ0v) is 8.72. The molecule has 2 atom stereocenters. The first-order valence-electron chi connectivity index (χ1n) is 5.65. The third kappa shape index (κ3) is 0.936. The SMILES string of the molecule is CC1NCCC12CCc1ccccc12. The second kappa shape index (κ2) is 2.83. The molecule has 1 fully saturated rings. The van der Waals surface area contributed by atoms with E-state index in [1.54, 1.807) is 11.1 Å². The molecule has 1 aliphatic heterocycles. The molecule has 3 rings (SSSR count). The molecular weight excluding hydrogens is 170 g/mol. The summed E-state index contributed by atoms with van der Waals surface area (Å²) < 4.78 is 0. The van der Waals surface area contributed by atoms with Gasteiger partial charge in [-0.15, -0.1) is 0 Å². The Hall–Kier alpha value is -0.820. The van der Waals surface area contributed by atoms with Crippen LogP contribution < -0.4 is 5.32 Å². The lowest BCUT2D eigenvalue weighted by molar-refractivity contribution is 0.386. The second-order valence-corrected chi connectivity index (χ2v) is 4.74. The lowest BCUT2D eigenvalue weighted by Gasteiger charge is -2.29. The first-order chi connectivity index (χ1) is 6.83. The van der Waals surface area contributed by atoms with Crippen molar-refractivity contribution in [2.24, 2.45) is 0 Å². The third-order valence-corrected chi connectivity index (χ3v) is 4.24. The van der Waals surface area contributed by atoms with Crippen molar-refractivity contribution in [1.82, 2.24) is 5.32 Å². The van der Waals surface area contributed by atoms with E-state index in [4.69, 9.17) is 0 Å². The van der Waals surface area contributed by atoms with Gasteiger partial charge >= 0.3 is 0 Å². The van der Waals surface area contributed by atoms with E-state index < -0.39 is 0 Å². The summed E-state index contributed by atoms with van der Waals surface area (Å²) in [5.41, 5.74) is 3.68. The summed E-state index contributed by atoms with van der Waals surface area (Å²) in [6, 6.07) is 9.66. The van der Waals surface area contributed by atoms with E-state index in [2.05, 4.69) is 36.5 Å². The highest BCUT2D eigenvalue weighted by Gasteiger charge is 2.45. The maximum absolute atomic E-state index is 3.59. The summed E-state index contributed by atoms with van der Waals surface area (Å²) in [4.78, 5) is 0. The molecular formula is C13H17N. The zero-order chi connectivity index (χ0) is 9.60. The van der Waals surface area contributed by atoms with Crippen LogP contribution in [0, 0.1) is 0 Å². The van der Waals surface area contributed by atoms with Gasteiger partial charge in [-0.05, 0) is 43.9 Å². The fourth-order valence-corrected chi connectivity index (χ4v) is 3.35. The van der Waals surface area contributed by atoms with Crippen molar-refractivity contribution in [3.63, 3.8) is 0 Å². The number of aryl methyl sites for hydroxylation is 1. The maximum Gasteiger partial charge on any atom is 0.0136 e. The van der Waals surface area contributed by atoms with Crippen molar-refractivity contribution >= 4 is 0 Å². The molecule has 2 unspecified atom stereocenters. The molecule has 14 heavy (non-hydrogen) atoms. The van der Waals surface area contributed by atoms with E-state index in [9.17, 15) is 0 Å². The molecule has 1 aromatic rings. The molecule has 2 aliphatic rings. The van der Waals surface area contributed by atoms with Crippen molar-refractivity contribution in [3.05, 3.63) is 35.4 Å². The van der Waals surface area contributed by atoms with Gasteiger partial charge in [0, 0.05) is 11.5 Å². The van der Waals surface area contributed by atoms with Crippen LogP contribution in [0.25, 0.3) is 0 Å². The van der Waals surface area contributed by atoms with E-state index >= 15 is 0 Å². The van der Waals surface area contributed by atoms with Crippen LogP contribution in [0.2, 0.25) is 0 Å². The fraction of sp³-hybridized carbons (Fsp3) is 0.538. The van der Waals surface area contributed by atoms with E-state index in [0.717, 1.165) is 0 Å². The highest BCUT2D eigenvalue weighted by atomic mass is 15.0. The quantitative estimate of drug-likeness (QED) is 0.657. The first-order valence-corrected chi connectivity index (χ1v) is 5.65. The lowest BCUT2D eigenvalue weighted by atomic mass is 9.76. The monoisotopic (exact) mass is 187 g/mol. The molecule has 0 saturated carbocycles. The highest BCUT2D eigenvalue weighted by molar-refractivity contribution is 5.41. The smallest absolute Gasteiger partial charge is 0.0136 e. The zero-order valence-electron chi connectivity index (χ0n) is 8.72. The van der Waals surface area contributed by atoms with Crippen LogP contribution >= 0.6 is 0 Å². The minimum absolute atomic E-state index is 0.469. The molecule has 1 nitrogen and oxygen atoms in total. The highest BCUT2D eigenvalue weighted by Crippen LogP contribution is 2.46. The van der Waals surface area contributed by atoms with Crippen LogP contribution in [0.1, 0.15) is 30.9 Å². The molecule has 0 aromatic heterocycles. The Labute approximate surface area is 85.5 Å². The van der Waals surface area contributed by atoms with Gasteiger partial charge in [-0.3, -0.25) is 0 Å². The van der Waals surface area contributed by atoms with Crippen LogP contribution in [0.5, 0.6) is 0 Å². The maximum atomic E-state index is 3.59. The van der Waals surface area contributed by atoms with E-state index in [0.29, 0.717) is 11.5 Å². The number of hydrogen-bond acceptors (Lipinski definition) is 1. The van der Waals surface area contributed by atoms with Gasteiger partial charge in [0.25, 0.3) is 0 Å². The Kier molecular flexibility index (Phi) is 1.72. The summed E-state index contributed by atoms with van der Waals surface area (Å²) in [5, 5.41) is 3.59. The molecule has 0 amide bonds. The molecule has 1 aromatic carbocycles. The molecule has 1 heteroatoms. The van der Waals surface area contributed by atoms with Crippen LogP contribution in [-0.2, 0) is 11.8 Å². The predicted molar refractivity (Wildman–Crippen MR) is 58.5 cm³/mol. The Balaban J connectivity index is 2.12. The fourth-order valence-electron chi connectivity index (χ4n) is 3.35. The predicted octanol–water partition coefficient (Wildman–Crippen LogP) is 2.25. The molecule has 74 valence electrons. The minimum Gasteiger partial charge on any atom is -0.313 e. The lowest BCUT2D eigenvalue weighted by Crippen LogP contribution is -2.35. The Morgan fingerprint density at radius 3 is 2.93 bits per heavy atom. The number of benzene rings is 1. The average molecular weight is 187 g/mol. The number of rotatable bonds is 0. The summed E-state index contributed by atoms with van der Waals surface area (Å²) in [7, 11) is 0. The topological polar surface area (TPSA) is 12.0 Å². The minimum atomic E-state index is 0.469. The summed E-state index contributed by atoms with van der Waals surface area (Å²) >= 11 is 0. The van der Waals surface area contributed by atoms with E-state index in [-0.39, 0.29) is 0 Å². The van der Waals surface area contributed by atoms with Crippen molar-refractivity contribution in [2.75, 3.05) is 6.54 Å². The number of nitrogens with one attached hydrogen (secondary N) is 1. The Bertz CT molecular complexity index is 358. The third-order valence-electron chi connectivity index (χ3n) is 4.24. The summed E-state index contributed by atoms with van der Waals surface area (Å²) in [5.74, 6) is 0. The molecule has 1 N–H and O–H groups in total. The van der Waals surface area contributed by atoms with Gasteiger partial charge < -0.3 is 5.32 Å². The van der Waals surface area contributed by atoms with Crippen molar-refractivity contribution in [1.29, 1.82) is 0 Å². The summed E-state index contributed by atoms with van der Waals surface area (Å²) in [6.45, 7) is 3.53. The van der Waals surface area contributed by atoms with Gasteiger partial charge in [0.1, 0.15) is 0 Å². The number of hydrogen-bond donors (Lipinski definition) is 1. The van der Waals surface area contributed by atoms with E-state index in [1.165, 1.54) is 25.8 Å². The largest absolute Gasteiger partial charge is 0.313 e. The van der Waals surface area contributed by atoms with Crippen LogP contribution in [0.15, 0.2) is 24.3 Å². The second-order valence-electron chi connectivity index (χ2n) is 4.74. The normalized spacial score (nSPS) is 35.1. The van der Waals surface area contributed by atoms with Crippen molar-refractivity contribution in [3.8, 4) is 0 Å². The molecule has 1 aliphatic carbocycles. The molecule has 1 saturated heterocycles. The Morgan fingerprint density at radius 2 is 2.14 bits per heavy atom. The van der Waals surface area contributed by atoms with Crippen molar-refractivity contribution < 1.29 is 0 Å². The van der Waals surface area contributed by atoms with Gasteiger partial charge in [0.05, 0.1) is 0 Å². The van der Waals surface area contributed by atoms with Gasteiger partial charge in [0.2, 0.25) is 0 Å². The molecule has 0 radical (unpaired) electrons. The molecule has 1 spiro atoms. The molecule has 1 heterocycles. The van der Waals surface area contributed by atoms with Gasteiger partial charge in [-0.25, -0.2) is 0 Å². The van der Waals surface area contributed by atoms with Gasteiger partial charge in [-0.2, -0.15) is 0 Å². The standard InChI is InChI=1S/C13H17N/c1-10-13(8-9-14-10)7-6-11-4-2-3-5-12(11)13/h2-5,10,14H,6-9H2,1H3. The van der Waals surface area contributed by atoms with E-state index in [1.807, 2.05) is 0 Å². The van der Waals surface area contributed by atoms with Crippen LogP contribution in [-0.4, -0.2) is 12.6 Å².